The first-order valence-corrected chi connectivity index (χ1v) is 6.64. The molecule has 1 atom stereocenters. The zero-order valence-corrected chi connectivity index (χ0v) is 10.3. The normalized spacial score (nSPS) is 20.3. The Morgan fingerprint density at radius 3 is 3.25 bits per heavy atom. The van der Waals surface area contributed by atoms with E-state index in [1.165, 1.54) is 23.5 Å². The number of nitrogen functional groups attached to an aromatic ring is 1. The summed E-state index contributed by atoms with van der Waals surface area (Å²) < 4.78 is 0. The van der Waals surface area contributed by atoms with E-state index >= 15 is 0 Å². The minimum atomic E-state index is 0.715. The Morgan fingerprint density at radius 1 is 1.69 bits per heavy atom. The SMILES string of the molecule is CN(Cc1ccnc(NN)c1)C1CCSC1. The quantitative estimate of drug-likeness (QED) is 0.612. The molecule has 2 rings (SSSR count). The molecule has 1 fully saturated rings. The molecule has 0 saturated carbocycles. The van der Waals surface area contributed by atoms with Crippen LogP contribution >= 0.6 is 11.8 Å². The summed E-state index contributed by atoms with van der Waals surface area (Å²) in [6, 6.07) is 4.75. The third kappa shape index (κ3) is 2.87. The van der Waals surface area contributed by atoms with Crippen LogP contribution in [0, 0.1) is 0 Å². The Bertz CT molecular complexity index is 339. The molecule has 16 heavy (non-hydrogen) atoms. The van der Waals surface area contributed by atoms with Gasteiger partial charge in [0.25, 0.3) is 0 Å². The molecular formula is C11H18N4S. The predicted octanol–water partition coefficient (Wildman–Crippen LogP) is 1.30. The van der Waals surface area contributed by atoms with E-state index < -0.39 is 0 Å². The van der Waals surface area contributed by atoms with Gasteiger partial charge in [0.05, 0.1) is 0 Å². The summed E-state index contributed by atoms with van der Waals surface area (Å²) in [4.78, 5) is 6.52. The highest BCUT2D eigenvalue weighted by molar-refractivity contribution is 7.99. The smallest absolute Gasteiger partial charge is 0.140 e. The van der Waals surface area contributed by atoms with Crippen molar-refractivity contribution in [1.29, 1.82) is 0 Å². The topological polar surface area (TPSA) is 54.2 Å². The Labute approximate surface area is 101 Å². The number of nitrogens with one attached hydrogen (secondary N) is 1. The summed E-state index contributed by atoms with van der Waals surface area (Å²) in [5, 5.41) is 0. The van der Waals surface area contributed by atoms with E-state index in [-0.39, 0.29) is 0 Å². The minimum absolute atomic E-state index is 0.715. The molecule has 88 valence electrons. The first-order valence-electron chi connectivity index (χ1n) is 5.49. The fourth-order valence-electron chi connectivity index (χ4n) is 1.94. The number of pyridine rings is 1. The van der Waals surface area contributed by atoms with Crippen LogP contribution in [-0.2, 0) is 6.54 Å². The van der Waals surface area contributed by atoms with Gasteiger partial charge in [0.15, 0.2) is 0 Å². The van der Waals surface area contributed by atoms with Crippen LogP contribution < -0.4 is 11.3 Å². The Morgan fingerprint density at radius 2 is 2.56 bits per heavy atom. The number of nitrogens with two attached hydrogens (primary N) is 1. The van der Waals surface area contributed by atoms with Crippen LogP contribution in [0.5, 0.6) is 0 Å². The Hall–Kier alpha value is -0.780. The summed E-state index contributed by atoms with van der Waals surface area (Å²) in [5.74, 6) is 8.62. The van der Waals surface area contributed by atoms with Gasteiger partial charge in [-0.3, -0.25) is 4.90 Å². The van der Waals surface area contributed by atoms with Crippen LogP contribution in [0.3, 0.4) is 0 Å². The van der Waals surface area contributed by atoms with Crippen LogP contribution in [-0.4, -0.2) is 34.5 Å². The maximum Gasteiger partial charge on any atom is 0.140 e. The first-order chi connectivity index (χ1) is 7.79. The number of nitrogens with zero attached hydrogens (tertiary/aromatic N) is 2. The lowest BCUT2D eigenvalue weighted by molar-refractivity contribution is 0.254. The van der Waals surface area contributed by atoms with Crippen LogP contribution in [0.25, 0.3) is 0 Å². The number of aromatic nitrogens is 1. The molecule has 0 amide bonds. The number of anilines is 1. The lowest BCUT2D eigenvalue weighted by Crippen LogP contribution is -2.30. The second-order valence-corrected chi connectivity index (χ2v) is 5.28. The van der Waals surface area contributed by atoms with Gasteiger partial charge in [-0.05, 0) is 36.9 Å². The molecule has 1 unspecified atom stereocenters. The molecular weight excluding hydrogens is 220 g/mol. The average molecular weight is 238 g/mol. The Kier molecular flexibility index (Phi) is 4.04. The zero-order valence-electron chi connectivity index (χ0n) is 9.52. The molecule has 1 aromatic heterocycles. The van der Waals surface area contributed by atoms with Crippen LogP contribution in [0.4, 0.5) is 5.82 Å². The number of hydrazine groups is 1. The number of hydrogen-bond donors (Lipinski definition) is 2. The van der Waals surface area contributed by atoms with Crippen molar-refractivity contribution in [3.63, 3.8) is 0 Å². The maximum atomic E-state index is 5.34. The maximum absolute atomic E-state index is 5.34. The molecule has 2 heterocycles. The minimum Gasteiger partial charge on any atom is -0.308 e. The van der Waals surface area contributed by atoms with Crippen molar-refractivity contribution in [3.8, 4) is 0 Å². The zero-order chi connectivity index (χ0) is 11.4. The van der Waals surface area contributed by atoms with E-state index in [4.69, 9.17) is 5.84 Å². The van der Waals surface area contributed by atoms with Gasteiger partial charge in [0, 0.05) is 24.5 Å². The van der Waals surface area contributed by atoms with Crippen LogP contribution in [0.1, 0.15) is 12.0 Å². The highest BCUT2D eigenvalue weighted by Gasteiger charge is 2.19. The molecule has 1 aliphatic rings. The fourth-order valence-corrected chi connectivity index (χ4v) is 3.24. The van der Waals surface area contributed by atoms with Crippen LogP contribution in [0.15, 0.2) is 18.3 Å². The van der Waals surface area contributed by atoms with E-state index in [0.29, 0.717) is 6.04 Å². The molecule has 1 saturated heterocycles. The summed E-state index contributed by atoms with van der Waals surface area (Å²) in [7, 11) is 2.19. The first kappa shape index (κ1) is 11.7. The lowest BCUT2D eigenvalue weighted by atomic mass is 10.2. The number of hydrogen-bond acceptors (Lipinski definition) is 5. The Balaban J connectivity index is 1.96. The molecule has 1 aliphatic heterocycles. The molecule has 0 bridgehead atoms. The van der Waals surface area contributed by atoms with Crippen molar-refractivity contribution in [1.82, 2.24) is 9.88 Å². The molecule has 0 aromatic carbocycles. The van der Waals surface area contributed by atoms with E-state index in [2.05, 4.69) is 22.4 Å². The van der Waals surface area contributed by atoms with E-state index in [9.17, 15) is 0 Å². The standard InChI is InChI=1S/C11H18N4S/c1-15(10-3-5-16-8-10)7-9-2-4-13-11(6-9)14-12/h2,4,6,10H,3,5,7-8,12H2,1H3,(H,13,14). The van der Waals surface area contributed by atoms with Gasteiger partial charge >= 0.3 is 0 Å². The van der Waals surface area contributed by atoms with Crippen molar-refractivity contribution >= 4 is 17.6 Å². The van der Waals surface area contributed by atoms with Gasteiger partial charge in [-0.15, -0.1) is 0 Å². The molecule has 0 radical (unpaired) electrons. The van der Waals surface area contributed by atoms with Gasteiger partial charge in [-0.2, -0.15) is 11.8 Å². The summed E-state index contributed by atoms with van der Waals surface area (Å²) in [6.07, 6.45) is 3.09. The number of thioether (sulfide) groups is 1. The van der Waals surface area contributed by atoms with Gasteiger partial charge in [-0.25, -0.2) is 10.8 Å². The lowest BCUT2D eigenvalue weighted by Gasteiger charge is -2.23. The molecule has 4 nitrogen and oxygen atoms in total. The predicted molar refractivity (Wildman–Crippen MR) is 69.2 cm³/mol. The van der Waals surface area contributed by atoms with Gasteiger partial charge in [0.1, 0.15) is 5.82 Å². The van der Waals surface area contributed by atoms with Crippen molar-refractivity contribution in [3.05, 3.63) is 23.9 Å². The molecule has 0 spiro atoms. The third-order valence-electron chi connectivity index (χ3n) is 2.93. The van der Waals surface area contributed by atoms with Gasteiger partial charge < -0.3 is 5.43 Å². The monoisotopic (exact) mass is 238 g/mol. The largest absolute Gasteiger partial charge is 0.308 e. The second kappa shape index (κ2) is 5.52. The summed E-state index contributed by atoms with van der Waals surface area (Å²) in [5.41, 5.74) is 3.83. The van der Waals surface area contributed by atoms with Crippen molar-refractivity contribution in [2.75, 3.05) is 24.0 Å². The number of rotatable bonds is 4. The highest BCUT2D eigenvalue weighted by Crippen LogP contribution is 2.22. The molecule has 3 N–H and O–H groups in total. The van der Waals surface area contributed by atoms with Gasteiger partial charge in [-0.1, -0.05) is 0 Å². The molecule has 5 heteroatoms. The summed E-state index contributed by atoms with van der Waals surface area (Å²) in [6.45, 7) is 0.961. The van der Waals surface area contributed by atoms with Crippen molar-refractivity contribution < 1.29 is 0 Å². The van der Waals surface area contributed by atoms with Crippen LogP contribution in [0.2, 0.25) is 0 Å². The molecule has 1 aromatic rings. The van der Waals surface area contributed by atoms with Crippen molar-refractivity contribution in [2.45, 2.75) is 19.0 Å². The third-order valence-corrected chi connectivity index (χ3v) is 4.08. The second-order valence-electron chi connectivity index (χ2n) is 4.13. The molecule has 0 aliphatic carbocycles. The average Bonchev–Trinajstić information content (AvgIpc) is 2.83. The summed E-state index contributed by atoms with van der Waals surface area (Å²) >= 11 is 2.04. The van der Waals surface area contributed by atoms with Crippen molar-refractivity contribution in [2.24, 2.45) is 5.84 Å². The van der Waals surface area contributed by atoms with E-state index in [1.54, 1.807) is 6.20 Å². The van der Waals surface area contributed by atoms with E-state index in [1.807, 2.05) is 23.9 Å². The highest BCUT2D eigenvalue weighted by atomic mass is 32.2. The fraction of sp³-hybridized carbons (Fsp3) is 0.545. The van der Waals surface area contributed by atoms with E-state index in [0.717, 1.165) is 12.4 Å². The van der Waals surface area contributed by atoms with Gasteiger partial charge in [0.2, 0.25) is 0 Å².